The highest BCUT2D eigenvalue weighted by molar-refractivity contribution is 7.99. The van der Waals surface area contributed by atoms with Crippen molar-refractivity contribution in [3.63, 3.8) is 0 Å². The lowest BCUT2D eigenvalue weighted by Crippen LogP contribution is -2.23. The van der Waals surface area contributed by atoms with Crippen molar-refractivity contribution in [2.24, 2.45) is 0 Å². The fraction of sp³-hybridized carbons (Fsp3) is 0.273. The minimum atomic E-state index is -0.102. The van der Waals surface area contributed by atoms with E-state index in [0.29, 0.717) is 17.6 Å². The van der Waals surface area contributed by atoms with Gasteiger partial charge in [0.15, 0.2) is 5.16 Å². The number of unbranched alkanes of at least 4 members (excludes halogenated alkanes) is 1. The summed E-state index contributed by atoms with van der Waals surface area (Å²) >= 11 is 1.55. The van der Waals surface area contributed by atoms with Gasteiger partial charge in [0, 0.05) is 12.2 Å². The highest BCUT2D eigenvalue weighted by Gasteiger charge is 2.19. The molecular formula is C22H21N5OS. The predicted octanol–water partition coefficient (Wildman–Crippen LogP) is 4.55. The second kappa shape index (κ2) is 8.10. The Kier molecular flexibility index (Phi) is 5.36. The van der Waals surface area contributed by atoms with E-state index in [9.17, 15) is 4.79 Å². The molecule has 0 unspecified atom stereocenters. The van der Waals surface area contributed by atoms with E-state index < -0.39 is 0 Å². The predicted molar refractivity (Wildman–Crippen MR) is 116 cm³/mol. The third kappa shape index (κ3) is 3.40. The van der Waals surface area contributed by atoms with Crippen LogP contribution in [0.5, 0.6) is 0 Å². The van der Waals surface area contributed by atoms with Crippen LogP contribution in [-0.4, -0.2) is 24.9 Å². The zero-order chi connectivity index (χ0) is 20.4. The Hall–Kier alpha value is -3.11. The molecule has 0 aliphatic rings. The Balaban J connectivity index is 2.01. The fourth-order valence-corrected chi connectivity index (χ4v) is 4.36. The molecule has 4 aromatic rings. The van der Waals surface area contributed by atoms with Crippen LogP contribution in [0.15, 0.2) is 58.5 Å². The molecule has 2 aromatic carbocycles. The van der Waals surface area contributed by atoms with E-state index >= 15 is 0 Å². The number of nitrogens with zero attached hydrogens (tertiary/aromatic N) is 5. The number of nitriles is 1. The zero-order valence-corrected chi connectivity index (χ0v) is 17.2. The molecule has 0 saturated heterocycles. The summed E-state index contributed by atoms with van der Waals surface area (Å²) in [6.45, 7) is 4.23. The lowest BCUT2D eigenvalue weighted by atomic mass is 10.0. The maximum absolute atomic E-state index is 13.5. The van der Waals surface area contributed by atoms with Crippen molar-refractivity contribution in [1.29, 1.82) is 5.26 Å². The van der Waals surface area contributed by atoms with Crippen molar-refractivity contribution in [2.45, 2.75) is 37.8 Å². The minimum absolute atomic E-state index is 0.102. The average Bonchev–Trinajstić information content (AvgIpc) is 3.15. The highest BCUT2D eigenvalue weighted by Crippen LogP contribution is 2.27. The average molecular weight is 404 g/mol. The summed E-state index contributed by atoms with van der Waals surface area (Å²) in [7, 11) is 0. The molecular weight excluding hydrogens is 382 g/mol. The standard InChI is InChI=1S/C22H21N5OS/c1-15(2)16-9-3-5-11-18(16)26-20(28)17-10-4-6-12-19(17)27-21(26)24-25-22(27)29-14-8-7-13-23/h3-6,9-12,15H,7-8,14H2,1-2H3. The maximum Gasteiger partial charge on any atom is 0.267 e. The smallest absolute Gasteiger partial charge is 0.267 e. The molecule has 7 heteroatoms. The molecule has 146 valence electrons. The molecule has 0 aliphatic carbocycles. The molecule has 0 bridgehead atoms. The van der Waals surface area contributed by atoms with Crippen molar-refractivity contribution in [2.75, 3.05) is 5.75 Å². The molecule has 0 aliphatic heterocycles. The molecule has 2 aromatic heterocycles. The Morgan fingerprint density at radius 3 is 2.66 bits per heavy atom. The van der Waals surface area contributed by atoms with Gasteiger partial charge in [-0.2, -0.15) is 5.26 Å². The Labute approximate surface area is 172 Å². The van der Waals surface area contributed by atoms with Crippen LogP contribution in [0, 0.1) is 11.3 Å². The molecule has 0 N–H and O–H groups in total. The summed E-state index contributed by atoms with van der Waals surface area (Å²) < 4.78 is 3.62. The molecule has 0 fully saturated rings. The molecule has 0 spiro atoms. The van der Waals surface area contributed by atoms with E-state index in [-0.39, 0.29) is 11.5 Å². The first-order valence-corrected chi connectivity index (χ1v) is 10.6. The third-order valence-electron chi connectivity index (χ3n) is 4.86. The van der Waals surface area contributed by atoms with Gasteiger partial charge in [-0.05, 0) is 36.1 Å². The number of hydrogen-bond donors (Lipinski definition) is 0. The SMILES string of the molecule is CC(C)c1ccccc1-n1c(=O)c2ccccc2n2c(SCCCC#N)nnc12. The van der Waals surface area contributed by atoms with Gasteiger partial charge in [0.1, 0.15) is 0 Å². The van der Waals surface area contributed by atoms with Gasteiger partial charge in [-0.1, -0.05) is 55.9 Å². The number of aromatic nitrogens is 4. The highest BCUT2D eigenvalue weighted by atomic mass is 32.2. The lowest BCUT2D eigenvalue weighted by molar-refractivity contribution is 0.837. The van der Waals surface area contributed by atoms with Crippen molar-refractivity contribution in [3.8, 4) is 11.8 Å². The first kappa shape index (κ1) is 19.2. The van der Waals surface area contributed by atoms with Gasteiger partial charge in [0.25, 0.3) is 5.56 Å². The van der Waals surface area contributed by atoms with Gasteiger partial charge >= 0.3 is 0 Å². The maximum atomic E-state index is 13.5. The quantitative estimate of drug-likeness (QED) is 0.349. The molecule has 6 nitrogen and oxygen atoms in total. The summed E-state index contributed by atoms with van der Waals surface area (Å²) in [5.74, 6) is 1.53. The molecule has 4 rings (SSSR count). The van der Waals surface area contributed by atoms with Crippen molar-refractivity contribution in [3.05, 3.63) is 64.4 Å². The summed E-state index contributed by atoms with van der Waals surface area (Å²) in [6.07, 6.45) is 1.29. The number of fused-ring (bicyclic) bond motifs is 3. The number of thioether (sulfide) groups is 1. The Bertz CT molecular complexity index is 1280. The van der Waals surface area contributed by atoms with E-state index in [2.05, 4.69) is 30.1 Å². The summed E-state index contributed by atoms with van der Waals surface area (Å²) in [5, 5.41) is 18.9. The molecule has 2 heterocycles. The van der Waals surface area contributed by atoms with Gasteiger partial charge in [-0.15, -0.1) is 10.2 Å². The summed E-state index contributed by atoms with van der Waals surface area (Å²) in [4.78, 5) is 13.5. The molecule has 0 amide bonds. The van der Waals surface area contributed by atoms with Crippen molar-refractivity contribution in [1.82, 2.24) is 19.2 Å². The van der Waals surface area contributed by atoms with E-state index in [1.54, 1.807) is 16.3 Å². The number of rotatable bonds is 6. The Morgan fingerprint density at radius 1 is 1.10 bits per heavy atom. The lowest BCUT2D eigenvalue weighted by Gasteiger charge is -2.16. The van der Waals surface area contributed by atoms with E-state index in [1.807, 2.05) is 52.9 Å². The first-order valence-electron chi connectivity index (χ1n) is 9.61. The van der Waals surface area contributed by atoms with Crippen LogP contribution in [0.2, 0.25) is 0 Å². The second-order valence-corrected chi connectivity index (χ2v) is 8.16. The van der Waals surface area contributed by atoms with Crippen molar-refractivity contribution < 1.29 is 0 Å². The van der Waals surface area contributed by atoms with E-state index in [0.717, 1.165) is 34.1 Å². The van der Waals surface area contributed by atoms with Crippen LogP contribution in [0.4, 0.5) is 0 Å². The summed E-state index contributed by atoms with van der Waals surface area (Å²) in [6, 6.07) is 17.7. The molecule has 0 saturated carbocycles. The number of hydrogen-bond acceptors (Lipinski definition) is 5. The largest absolute Gasteiger partial charge is 0.268 e. The third-order valence-corrected chi connectivity index (χ3v) is 5.87. The monoisotopic (exact) mass is 403 g/mol. The topological polar surface area (TPSA) is 76.0 Å². The molecule has 0 atom stereocenters. The van der Waals surface area contributed by atoms with Crippen LogP contribution in [0.25, 0.3) is 22.4 Å². The van der Waals surface area contributed by atoms with Crippen molar-refractivity contribution >= 4 is 28.4 Å². The van der Waals surface area contributed by atoms with Crippen LogP contribution in [0.1, 0.15) is 38.2 Å². The van der Waals surface area contributed by atoms with Crippen LogP contribution < -0.4 is 5.56 Å². The Morgan fingerprint density at radius 2 is 1.86 bits per heavy atom. The molecule has 29 heavy (non-hydrogen) atoms. The number of para-hydroxylation sites is 2. The number of benzene rings is 2. The zero-order valence-electron chi connectivity index (χ0n) is 16.4. The van der Waals surface area contributed by atoms with Crippen LogP contribution >= 0.6 is 11.8 Å². The van der Waals surface area contributed by atoms with Gasteiger partial charge in [-0.25, -0.2) is 4.57 Å². The van der Waals surface area contributed by atoms with Gasteiger partial charge in [0.05, 0.1) is 22.7 Å². The van der Waals surface area contributed by atoms with Gasteiger partial charge in [0.2, 0.25) is 5.78 Å². The second-order valence-electron chi connectivity index (χ2n) is 7.10. The van der Waals surface area contributed by atoms with E-state index in [1.165, 1.54) is 0 Å². The van der Waals surface area contributed by atoms with E-state index in [4.69, 9.17) is 5.26 Å². The molecule has 0 radical (unpaired) electrons. The van der Waals surface area contributed by atoms with Gasteiger partial charge < -0.3 is 0 Å². The normalized spacial score (nSPS) is 11.4. The van der Waals surface area contributed by atoms with Crippen LogP contribution in [0.3, 0.4) is 0 Å². The minimum Gasteiger partial charge on any atom is -0.268 e. The summed E-state index contributed by atoms with van der Waals surface area (Å²) in [5.41, 5.74) is 2.60. The van der Waals surface area contributed by atoms with Crippen LogP contribution in [-0.2, 0) is 0 Å². The first-order chi connectivity index (χ1) is 14.1. The fourth-order valence-electron chi connectivity index (χ4n) is 3.48. The van der Waals surface area contributed by atoms with Gasteiger partial charge in [-0.3, -0.25) is 9.20 Å².